The van der Waals surface area contributed by atoms with Crippen LogP contribution >= 0.6 is 0 Å². The lowest BCUT2D eigenvalue weighted by atomic mass is 9.90. The number of methoxy groups -OCH3 is 2. The van der Waals surface area contributed by atoms with E-state index in [-0.39, 0.29) is 17.0 Å². The molecule has 1 N–H and O–H groups in total. The monoisotopic (exact) mass is 388 g/mol. The number of hydrogen-bond donors (Lipinski definition) is 1. The SMILES string of the molecule is COC(=O)OC1=NNC(C)=C(OC(=O)OC)C1c1ccccc1C(F)(F)F. The molecule has 0 bridgehead atoms. The molecule has 2 rings (SSSR count). The van der Waals surface area contributed by atoms with Crippen molar-refractivity contribution < 1.29 is 41.7 Å². The highest BCUT2D eigenvalue weighted by atomic mass is 19.4. The molecule has 8 nitrogen and oxygen atoms in total. The van der Waals surface area contributed by atoms with Crippen LogP contribution in [0.3, 0.4) is 0 Å². The van der Waals surface area contributed by atoms with Crippen LogP contribution in [0, 0.1) is 0 Å². The maximum Gasteiger partial charge on any atom is 0.514 e. The van der Waals surface area contributed by atoms with Crippen LogP contribution in [-0.4, -0.2) is 32.4 Å². The lowest BCUT2D eigenvalue weighted by Gasteiger charge is -2.27. The number of allylic oxidation sites excluding steroid dienone is 1. The average molecular weight is 388 g/mol. The molecule has 1 atom stereocenters. The molecule has 0 saturated carbocycles. The van der Waals surface area contributed by atoms with Crippen molar-refractivity contribution in [2.45, 2.75) is 19.0 Å². The average Bonchev–Trinajstić information content (AvgIpc) is 2.63. The van der Waals surface area contributed by atoms with Crippen LogP contribution in [-0.2, 0) is 25.1 Å². The quantitative estimate of drug-likeness (QED) is 0.775. The molecule has 0 spiro atoms. The van der Waals surface area contributed by atoms with Gasteiger partial charge in [0.25, 0.3) is 0 Å². The molecule has 27 heavy (non-hydrogen) atoms. The maximum atomic E-state index is 13.5. The molecular formula is C16H15F3N2O6. The van der Waals surface area contributed by atoms with Gasteiger partial charge in [0.1, 0.15) is 11.7 Å². The molecule has 0 saturated heterocycles. The molecule has 1 aliphatic rings. The highest BCUT2D eigenvalue weighted by molar-refractivity contribution is 5.94. The summed E-state index contributed by atoms with van der Waals surface area (Å²) in [4.78, 5) is 23.0. The topological polar surface area (TPSA) is 95.5 Å². The van der Waals surface area contributed by atoms with Gasteiger partial charge in [-0.25, -0.2) is 9.59 Å². The van der Waals surface area contributed by atoms with E-state index < -0.39 is 35.9 Å². The Morgan fingerprint density at radius 2 is 1.67 bits per heavy atom. The molecule has 1 aromatic rings. The van der Waals surface area contributed by atoms with E-state index in [2.05, 4.69) is 20.0 Å². The molecular weight excluding hydrogens is 373 g/mol. The number of nitrogens with zero attached hydrogens (tertiary/aromatic N) is 1. The molecule has 146 valence electrons. The summed E-state index contributed by atoms with van der Waals surface area (Å²) in [5.41, 5.74) is 1.19. The Balaban J connectivity index is 2.62. The van der Waals surface area contributed by atoms with Gasteiger partial charge in [0.15, 0.2) is 0 Å². The van der Waals surface area contributed by atoms with Crippen LogP contribution in [0.2, 0.25) is 0 Å². The van der Waals surface area contributed by atoms with E-state index in [0.29, 0.717) is 0 Å². The highest BCUT2D eigenvalue weighted by Gasteiger charge is 2.41. The Kier molecular flexibility index (Phi) is 5.93. The van der Waals surface area contributed by atoms with Crippen LogP contribution in [0.5, 0.6) is 0 Å². The number of carbonyl (C=O) groups excluding carboxylic acids is 2. The first-order valence-electron chi connectivity index (χ1n) is 7.41. The minimum absolute atomic E-state index is 0.125. The molecule has 0 amide bonds. The minimum Gasteiger partial charge on any atom is -0.437 e. The molecule has 0 fully saturated rings. The third-order valence-electron chi connectivity index (χ3n) is 3.50. The van der Waals surface area contributed by atoms with Crippen molar-refractivity contribution >= 4 is 18.2 Å². The molecule has 0 aromatic heterocycles. The Bertz CT molecular complexity index is 804. The van der Waals surface area contributed by atoms with E-state index in [0.717, 1.165) is 26.4 Å². The Hall–Kier alpha value is -3.24. The van der Waals surface area contributed by atoms with Crippen molar-refractivity contribution in [2.24, 2.45) is 5.10 Å². The number of nitrogens with one attached hydrogen (secondary N) is 1. The van der Waals surface area contributed by atoms with E-state index in [1.54, 1.807) is 0 Å². The summed E-state index contributed by atoms with van der Waals surface area (Å²) in [5.74, 6) is -2.22. The van der Waals surface area contributed by atoms with Gasteiger partial charge in [0.05, 0.1) is 25.5 Å². The molecule has 1 unspecified atom stereocenters. The lowest BCUT2D eigenvalue weighted by molar-refractivity contribution is -0.138. The smallest absolute Gasteiger partial charge is 0.437 e. The summed E-state index contributed by atoms with van der Waals surface area (Å²) in [6.07, 6.45) is -7.09. The number of carbonyl (C=O) groups is 2. The number of ether oxygens (including phenoxy) is 4. The number of alkyl halides is 3. The molecule has 1 aromatic carbocycles. The molecule has 0 radical (unpaired) electrons. The van der Waals surface area contributed by atoms with Gasteiger partial charge in [-0.2, -0.15) is 13.2 Å². The third-order valence-corrected chi connectivity index (χ3v) is 3.50. The van der Waals surface area contributed by atoms with Gasteiger partial charge < -0.3 is 18.9 Å². The fraction of sp³-hybridized carbons (Fsp3) is 0.312. The second-order valence-corrected chi connectivity index (χ2v) is 5.18. The standard InChI is InChI=1S/C16H15F3N2O6/c1-8-12(26-14(22)24-2)11(13(21-20-8)27-15(23)25-3)9-6-4-5-7-10(9)16(17,18)19/h4-7,11,20H,1-3H3. The van der Waals surface area contributed by atoms with Crippen molar-refractivity contribution in [2.75, 3.05) is 14.2 Å². The summed E-state index contributed by atoms with van der Waals surface area (Å²) in [7, 11) is 2.05. The Labute approximate surface area is 151 Å². The van der Waals surface area contributed by atoms with Crippen LogP contribution in [0.25, 0.3) is 0 Å². The Morgan fingerprint density at radius 3 is 2.26 bits per heavy atom. The summed E-state index contributed by atoms with van der Waals surface area (Å²) in [6, 6.07) is 4.55. The van der Waals surface area contributed by atoms with Crippen molar-refractivity contribution in [1.82, 2.24) is 5.43 Å². The number of hydrazone groups is 1. The largest absolute Gasteiger partial charge is 0.514 e. The van der Waals surface area contributed by atoms with Crippen molar-refractivity contribution in [1.29, 1.82) is 0 Å². The zero-order chi connectivity index (χ0) is 20.2. The van der Waals surface area contributed by atoms with Crippen LogP contribution in [0.1, 0.15) is 24.0 Å². The lowest BCUT2D eigenvalue weighted by Crippen LogP contribution is -2.33. The number of benzene rings is 1. The summed E-state index contributed by atoms with van der Waals surface area (Å²) < 4.78 is 59.1. The molecule has 1 aliphatic heterocycles. The van der Waals surface area contributed by atoms with Gasteiger partial charge in [0, 0.05) is 0 Å². The van der Waals surface area contributed by atoms with Crippen molar-refractivity contribution in [3.05, 3.63) is 46.8 Å². The summed E-state index contributed by atoms with van der Waals surface area (Å²) in [6.45, 7) is 1.42. The van der Waals surface area contributed by atoms with E-state index >= 15 is 0 Å². The third kappa shape index (κ3) is 4.49. The highest BCUT2D eigenvalue weighted by Crippen LogP contribution is 2.40. The zero-order valence-corrected chi connectivity index (χ0v) is 14.4. The van der Waals surface area contributed by atoms with E-state index in [4.69, 9.17) is 9.47 Å². The number of halogens is 3. The molecule has 11 heteroatoms. The van der Waals surface area contributed by atoms with Gasteiger partial charge >= 0.3 is 18.5 Å². The Morgan fingerprint density at radius 1 is 1.07 bits per heavy atom. The van der Waals surface area contributed by atoms with Gasteiger partial charge in [-0.05, 0) is 18.6 Å². The van der Waals surface area contributed by atoms with E-state index in [1.165, 1.54) is 19.1 Å². The van der Waals surface area contributed by atoms with Gasteiger partial charge in [-0.3, -0.25) is 5.43 Å². The van der Waals surface area contributed by atoms with E-state index in [9.17, 15) is 22.8 Å². The molecule has 1 heterocycles. The van der Waals surface area contributed by atoms with Crippen LogP contribution in [0.4, 0.5) is 22.8 Å². The van der Waals surface area contributed by atoms with Crippen LogP contribution in [0.15, 0.2) is 40.8 Å². The molecule has 0 aliphatic carbocycles. The van der Waals surface area contributed by atoms with Gasteiger partial charge in [0.2, 0.25) is 5.90 Å². The minimum atomic E-state index is -4.72. The fourth-order valence-electron chi connectivity index (χ4n) is 2.34. The predicted molar refractivity (Wildman–Crippen MR) is 84.4 cm³/mol. The van der Waals surface area contributed by atoms with E-state index in [1.807, 2.05) is 0 Å². The van der Waals surface area contributed by atoms with Crippen molar-refractivity contribution in [3.63, 3.8) is 0 Å². The first kappa shape index (κ1) is 20.1. The first-order chi connectivity index (χ1) is 12.7. The van der Waals surface area contributed by atoms with Gasteiger partial charge in [-0.15, -0.1) is 5.10 Å². The second kappa shape index (κ2) is 7.98. The first-order valence-corrected chi connectivity index (χ1v) is 7.41. The maximum absolute atomic E-state index is 13.5. The number of rotatable bonds is 2. The zero-order valence-electron chi connectivity index (χ0n) is 14.4. The fourth-order valence-corrected chi connectivity index (χ4v) is 2.34. The normalized spacial score (nSPS) is 16.8. The van der Waals surface area contributed by atoms with Crippen molar-refractivity contribution in [3.8, 4) is 0 Å². The predicted octanol–water partition coefficient (Wildman–Crippen LogP) is 3.50. The number of hydrogen-bond acceptors (Lipinski definition) is 8. The summed E-state index contributed by atoms with van der Waals surface area (Å²) >= 11 is 0. The van der Waals surface area contributed by atoms with Gasteiger partial charge in [-0.1, -0.05) is 18.2 Å². The summed E-state index contributed by atoms with van der Waals surface area (Å²) in [5, 5.41) is 3.75. The second-order valence-electron chi connectivity index (χ2n) is 5.18. The van der Waals surface area contributed by atoms with Crippen LogP contribution < -0.4 is 5.43 Å².